The number of anilines is 1. The number of aromatic nitrogens is 3. The summed E-state index contributed by atoms with van der Waals surface area (Å²) in [7, 11) is 0. The lowest BCUT2D eigenvalue weighted by atomic mass is 10.2. The average Bonchev–Trinajstić information content (AvgIpc) is 3.18. The summed E-state index contributed by atoms with van der Waals surface area (Å²) in [6, 6.07) is 19.8. The second-order valence-corrected chi connectivity index (χ2v) is 6.91. The number of nitrogens with one attached hydrogen (secondary N) is 1. The highest BCUT2D eigenvalue weighted by atomic mass is 35.5. The first-order valence-electron chi connectivity index (χ1n) is 8.56. The molecular formula is C21H13Cl2FN4O. The molecule has 0 aliphatic heterocycles. The molecule has 4 rings (SSSR count). The lowest BCUT2D eigenvalue weighted by Gasteiger charge is -2.07. The molecule has 0 unspecified atom stereocenters. The summed E-state index contributed by atoms with van der Waals surface area (Å²) in [5.41, 5.74) is 1.81. The summed E-state index contributed by atoms with van der Waals surface area (Å²) in [5, 5.41) is 7.78. The van der Waals surface area contributed by atoms with Crippen LogP contribution in [-0.4, -0.2) is 20.7 Å². The number of hydrogen-bond donors (Lipinski definition) is 1. The molecule has 8 heteroatoms. The monoisotopic (exact) mass is 426 g/mol. The van der Waals surface area contributed by atoms with Crippen molar-refractivity contribution in [3.8, 4) is 17.1 Å². The van der Waals surface area contributed by atoms with E-state index in [-0.39, 0.29) is 5.82 Å². The number of rotatable bonds is 4. The largest absolute Gasteiger partial charge is 0.319 e. The molecule has 0 aliphatic rings. The van der Waals surface area contributed by atoms with Gasteiger partial charge in [-0.15, -0.1) is 5.10 Å². The second-order valence-electron chi connectivity index (χ2n) is 6.10. The van der Waals surface area contributed by atoms with Gasteiger partial charge < -0.3 is 5.32 Å². The molecule has 0 aliphatic carbocycles. The van der Waals surface area contributed by atoms with Crippen molar-refractivity contribution in [3.63, 3.8) is 0 Å². The van der Waals surface area contributed by atoms with Gasteiger partial charge in [-0.2, -0.15) is 0 Å². The lowest BCUT2D eigenvalue weighted by Crippen LogP contribution is -2.14. The Hall–Kier alpha value is -3.22. The summed E-state index contributed by atoms with van der Waals surface area (Å²) < 4.78 is 14.6. The van der Waals surface area contributed by atoms with Crippen molar-refractivity contribution in [1.82, 2.24) is 14.8 Å². The number of carbonyl (C=O) groups is 1. The van der Waals surface area contributed by atoms with Gasteiger partial charge in [0.1, 0.15) is 5.82 Å². The van der Waals surface area contributed by atoms with Crippen LogP contribution in [0.5, 0.6) is 0 Å². The molecule has 3 aromatic carbocycles. The number of nitrogens with zero attached hydrogens (tertiary/aromatic N) is 3. The summed E-state index contributed by atoms with van der Waals surface area (Å²) in [6.45, 7) is 0. The van der Waals surface area contributed by atoms with Crippen LogP contribution in [0.1, 0.15) is 10.6 Å². The normalized spacial score (nSPS) is 10.7. The van der Waals surface area contributed by atoms with Gasteiger partial charge in [0, 0.05) is 11.3 Å². The molecule has 0 saturated heterocycles. The summed E-state index contributed by atoms with van der Waals surface area (Å²) in [4.78, 5) is 17.1. The minimum atomic E-state index is -0.521. The maximum Gasteiger partial charge on any atom is 0.295 e. The maximum absolute atomic E-state index is 13.1. The predicted octanol–water partition coefficient (Wildman–Crippen LogP) is 5.63. The Morgan fingerprint density at radius 2 is 1.66 bits per heavy atom. The highest BCUT2D eigenvalue weighted by Gasteiger charge is 2.19. The van der Waals surface area contributed by atoms with Crippen molar-refractivity contribution in [2.75, 3.05) is 5.32 Å². The number of halogens is 3. The summed E-state index contributed by atoms with van der Waals surface area (Å²) >= 11 is 12.2. The van der Waals surface area contributed by atoms with Gasteiger partial charge in [-0.1, -0.05) is 53.5 Å². The van der Waals surface area contributed by atoms with Crippen molar-refractivity contribution in [3.05, 3.63) is 94.5 Å². The van der Waals surface area contributed by atoms with Gasteiger partial charge in [0.05, 0.1) is 15.7 Å². The Morgan fingerprint density at radius 3 is 2.34 bits per heavy atom. The number of hydrogen-bond acceptors (Lipinski definition) is 3. The van der Waals surface area contributed by atoms with Gasteiger partial charge in [0.25, 0.3) is 5.91 Å². The van der Waals surface area contributed by atoms with Crippen LogP contribution in [-0.2, 0) is 0 Å². The van der Waals surface area contributed by atoms with Gasteiger partial charge in [-0.05, 0) is 42.5 Å². The molecule has 0 atom stereocenters. The van der Waals surface area contributed by atoms with Crippen molar-refractivity contribution < 1.29 is 9.18 Å². The van der Waals surface area contributed by atoms with E-state index in [1.807, 2.05) is 30.3 Å². The molecule has 1 aromatic heterocycles. The molecule has 1 heterocycles. The molecule has 0 saturated carbocycles. The van der Waals surface area contributed by atoms with Crippen LogP contribution in [0.15, 0.2) is 72.8 Å². The van der Waals surface area contributed by atoms with Crippen LogP contribution in [0.25, 0.3) is 17.1 Å². The zero-order valence-electron chi connectivity index (χ0n) is 14.8. The fraction of sp³-hybridized carbons (Fsp3) is 0. The molecule has 0 fully saturated rings. The molecule has 1 amide bonds. The Bertz CT molecular complexity index is 1180. The molecule has 4 aromatic rings. The predicted molar refractivity (Wildman–Crippen MR) is 111 cm³/mol. The Kier molecular flexibility index (Phi) is 5.29. The average molecular weight is 427 g/mol. The Balaban J connectivity index is 1.75. The SMILES string of the molecule is O=C(Nc1ccc(F)cc1)c1nc(-c2ccccc2)n(-c2ccc(Cl)c(Cl)c2)n1. The highest BCUT2D eigenvalue weighted by Crippen LogP contribution is 2.27. The molecule has 5 nitrogen and oxygen atoms in total. The molecule has 0 radical (unpaired) electrons. The van der Waals surface area contributed by atoms with E-state index in [1.54, 1.807) is 18.2 Å². The first-order chi connectivity index (χ1) is 14.0. The van der Waals surface area contributed by atoms with Gasteiger partial charge in [-0.25, -0.2) is 14.1 Å². The van der Waals surface area contributed by atoms with E-state index in [0.717, 1.165) is 5.56 Å². The molecule has 0 bridgehead atoms. The van der Waals surface area contributed by atoms with E-state index in [1.165, 1.54) is 28.9 Å². The minimum Gasteiger partial charge on any atom is -0.319 e. The molecule has 0 spiro atoms. The molecule has 29 heavy (non-hydrogen) atoms. The Morgan fingerprint density at radius 1 is 0.931 bits per heavy atom. The van der Waals surface area contributed by atoms with E-state index in [0.29, 0.717) is 27.2 Å². The fourth-order valence-corrected chi connectivity index (χ4v) is 2.99. The van der Waals surface area contributed by atoms with Crippen molar-refractivity contribution in [2.45, 2.75) is 0 Å². The van der Waals surface area contributed by atoms with Crippen LogP contribution in [0, 0.1) is 5.82 Å². The van der Waals surface area contributed by atoms with E-state index in [9.17, 15) is 9.18 Å². The standard InChI is InChI=1S/C21H13Cl2FN4O/c22-17-11-10-16(12-18(17)23)28-20(13-4-2-1-3-5-13)26-19(27-28)21(29)25-15-8-6-14(24)7-9-15/h1-12H,(H,25,29). The zero-order chi connectivity index (χ0) is 20.4. The van der Waals surface area contributed by atoms with Crippen LogP contribution in [0.2, 0.25) is 10.0 Å². The van der Waals surface area contributed by atoms with Crippen LogP contribution < -0.4 is 5.32 Å². The smallest absolute Gasteiger partial charge is 0.295 e. The number of amides is 1. The maximum atomic E-state index is 13.1. The third-order valence-corrected chi connectivity index (χ3v) is 4.83. The lowest BCUT2D eigenvalue weighted by molar-refractivity contribution is 0.101. The van der Waals surface area contributed by atoms with E-state index in [4.69, 9.17) is 23.2 Å². The third kappa shape index (κ3) is 4.13. The van der Waals surface area contributed by atoms with Gasteiger partial charge >= 0.3 is 0 Å². The second kappa shape index (κ2) is 8.03. The molecular weight excluding hydrogens is 414 g/mol. The van der Waals surface area contributed by atoms with Crippen molar-refractivity contribution >= 4 is 34.8 Å². The Labute approximate surface area is 175 Å². The van der Waals surface area contributed by atoms with Crippen LogP contribution >= 0.6 is 23.2 Å². The topological polar surface area (TPSA) is 59.8 Å². The third-order valence-electron chi connectivity index (χ3n) is 4.09. The fourth-order valence-electron chi connectivity index (χ4n) is 2.70. The van der Waals surface area contributed by atoms with Gasteiger partial charge in [0.15, 0.2) is 5.82 Å². The van der Waals surface area contributed by atoms with Crippen molar-refractivity contribution in [1.29, 1.82) is 0 Å². The molecule has 144 valence electrons. The number of benzene rings is 3. The number of carbonyl (C=O) groups excluding carboxylic acids is 1. The van der Waals surface area contributed by atoms with E-state index < -0.39 is 11.7 Å². The first kappa shape index (κ1) is 19.1. The summed E-state index contributed by atoms with van der Waals surface area (Å²) in [5.74, 6) is -0.489. The zero-order valence-corrected chi connectivity index (χ0v) is 16.3. The van der Waals surface area contributed by atoms with E-state index in [2.05, 4.69) is 15.4 Å². The van der Waals surface area contributed by atoms with Gasteiger partial charge in [0.2, 0.25) is 5.82 Å². The van der Waals surface area contributed by atoms with E-state index >= 15 is 0 Å². The quantitative estimate of drug-likeness (QED) is 0.459. The molecule has 1 N–H and O–H groups in total. The highest BCUT2D eigenvalue weighted by molar-refractivity contribution is 6.42. The van der Waals surface area contributed by atoms with Crippen molar-refractivity contribution in [2.24, 2.45) is 0 Å². The first-order valence-corrected chi connectivity index (χ1v) is 9.32. The summed E-state index contributed by atoms with van der Waals surface area (Å²) in [6.07, 6.45) is 0. The van der Waals surface area contributed by atoms with Crippen LogP contribution in [0.3, 0.4) is 0 Å². The van der Waals surface area contributed by atoms with Crippen LogP contribution in [0.4, 0.5) is 10.1 Å². The van der Waals surface area contributed by atoms with Gasteiger partial charge in [-0.3, -0.25) is 4.79 Å². The minimum absolute atomic E-state index is 0.0424.